The molecule has 1 aromatic rings. The average molecular weight is 353 g/mol. The third-order valence-corrected chi connectivity index (χ3v) is 4.11. The highest BCUT2D eigenvalue weighted by molar-refractivity contribution is 6.31. The molecule has 2 rings (SSSR count). The van der Waals surface area contributed by atoms with Crippen LogP contribution in [0.15, 0.2) is 24.3 Å². The van der Waals surface area contributed by atoms with Crippen LogP contribution in [0.5, 0.6) is 0 Å². The van der Waals surface area contributed by atoms with Crippen molar-refractivity contribution < 1.29 is 14.4 Å². The van der Waals surface area contributed by atoms with Crippen LogP contribution in [-0.4, -0.2) is 55.3 Å². The van der Waals surface area contributed by atoms with Crippen molar-refractivity contribution in [2.24, 2.45) is 0 Å². The molecule has 1 aliphatic heterocycles. The fourth-order valence-electron chi connectivity index (χ4n) is 2.57. The van der Waals surface area contributed by atoms with Crippen LogP contribution < -0.4 is 16.0 Å². The minimum Gasteiger partial charge on any atom is -0.347 e. The number of benzene rings is 1. The first kappa shape index (κ1) is 18.2. The SMILES string of the molecule is CC(=O)NCC(=O)NCC(=O)N1CCNCC1c1ccccc1Cl. The maximum Gasteiger partial charge on any atom is 0.242 e. The normalized spacial score (nSPS) is 17.2. The van der Waals surface area contributed by atoms with Crippen molar-refractivity contribution in [2.75, 3.05) is 32.7 Å². The summed E-state index contributed by atoms with van der Waals surface area (Å²) in [6.07, 6.45) is 0. The second-order valence-corrected chi connectivity index (χ2v) is 5.92. The Morgan fingerprint density at radius 1 is 1.25 bits per heavy atom. The third-order valence-electron chi connectivity index (χ3n) is 3.76. The summed E-state index contributed by atoms with van der Waals surface area (Å²) < 4.78 is 0. The summed E-state index contributed by atoms with van der Waals surface area (Å²) in [4.78, 5) is 36.6. The van der Waals surface area contributed by atoms with E-state index in [-0.39, 0.29) is 30.9 Å². The number of hydrogen-bond donors (Lipinski definition) is 3. The number of carbonyl (C=O) groups is 3. The minimum atomic E-state index is -0.400. The quantitative estimate of drug-likeness (QED) is 0.699. The number of carbonyl (C=O) groups excluding carboxylic acids is 3. The van der Waals surface area contributed by atoms with E-state index >= 15 is 0 Å². The van der Waals surface area contributed by atoms with Crippen molar-refractivity contribution in [1.82, 2.24) is 20.9 Å². The summed E-state index contributed by atoms with van der Waals surface area (Å²) in [7, 11) is 0. The van der Waals surface area contributed by atoms with Gasteiger partial charge in [-0.25, -0.2) is 0 Å². The molecular weight excluding hydrogens is 332 g/mol. The van der Waals surface area contributed by atoms with Gasteiger partial charge in [0.2, 0.25) is 17.7 Å². The molecule has 1 saturated heterocycles. The molecule has 1 atom stereocenters. The Balaban J connectivity index is 1.97. The zero-order valence-electron chi connectivity index (χ0n) is 13.5. The average Bonchev–Trinajstić information content (AvgIpc) is 2.58. The summed E-state index contributed by atoms with van der Waals surface area (Å²) in [5.74, 6) is -0.877. The molecule has 1 aliphatic rings. The molecule has 3 N–H and O–H groups in total. The van der Waals surface area contributed by atoms with Crippen molar-refractivity contribution in [3.05, 3.63) is 34.9 Å². The van der Waals surface area contributed by atoms with E-state index in [4.69, 9.17) is 11.6 Å². The van der Waals surface area contributed by atoms with E-state index in [1.807, 2.05) is 18.2 Å². The third kappa shape index (κ3) is 4.94. The van der Waals surface area contributed by atoms with Crippen LogP contribution in [0.25, 0.3) is 0 Å². The van der Waals surface area contributed by atoms with E-state index in [0.29, 0.717) is 24.7 Å². The topological polar surface area (TPSA) is 90.5 Å². The van der Waals surface area contributed by atoms with Gasteiger partial charge in [-0.05, 0) is 11.6 Å². The van der Waals surface area contributed by atoms with E-state index in [1.165, 1.54) is 6.92 Å². The predicted molar refractivity (Wildman–Crippen MR) is 90.5 cm³/mol. The Bertz CT molecular complexity index is 623. The van der Waals surface area contributed by atoms with Gasteiger partial charge in [-0.3, -0.25) is 14.4 Å². The molecule has 7 nitrogen and oxygen atoms in total. The smallest absolute Gasteiger partial charge is 0.242 e. The van der Waals surface area contributed by atoms with Crippen LogP contribution in [0.3, 0.4) is 0 Å². The van der Waals surface area contributed by atoms with Crippen LogP contribution in [-0.2, 0) is 14.4 Å². The van der Waals surface area contributed by atoms with Gasteiger partial charge in [-0.2, -0.15) is 0 Å². The number of hydrogen-bond acceptors (Lipinski definition) is 4. The molecule has 24 heavy (non-hydrogen) atoms. The van der Waals surface area contributed by atoms with Crippen LogP contribution in [0, 0.1) is 0 Å². The van der Waals surface area contributed by atoms with Gasteiger partial charge >= 0.3 is 0 Å². The summed E-state index contributed by atoms with van der Waals surface area (Å²) >= 11 is 6.25. The molecule has 1 aromatic carbocycles. The van der Waals surface area contributed by atoms with E-state index < -0.39 is 5.91 Å². The number of halogens is 1. The standard InChI is InChI=1S/C16H21ClN4O3/c1-11(22)19-9-15(23)20-10-16(24)21-7-6-18-8-14(21)12-4-2-3-5-13(12)17/h2-5,14,18H,6-10H2,1H3,(H,19,22)(H,20,23). The molecule has 1 fully saturated rings. The molecule has 0 bridgehead atoms. The lowest BCUT2D eigenvalue weighted by Gasteiger charge is -2.37. The van der Waals surface area contributed by atoms with Crippen LogP contribution in [0.2, 0.25) is 5.02 Å². The molecule has 0 spiro atoms. The predicted octanol–water partition coefficient (Wildman–Crippen LogP) is 0.0652. The Labute approximate surface area is 145 Å². The Morgan fingerprint density at radius 2 is 2.00 bits per heavy atom. The number of rotatable bonds is 5. The van der Waals surface area contributed by atoms with E-state index in [9.17, 15) is 14.4 Å². The molecule has 0 radical (unpaired) electrons. The maximum atomic E-state index is 12.5. The van der Waals surface area contributed by atoms with Gasteiger partial charge in [-0.15, -0.1) is 0 Å². The lowest BCUT2D eigenvalue weighted by Crippen LogP contribution is -2.52. The minimum absolute atomic E-state index is 0.112. The fraction of sp³-hybridized carbons (Fsp3) is 0.438. The summed E-state index contributed by atoms with van der Waals surface area (Å²) in [5, 5.41) is 8.78. The summed E-state index contributed by atoms with van der Waals surface area (Å²) in [6, 6.07) is 7.25. The van der Waals surface area contributed by atoms with Gasteiger partial charge in [-0.1, -0.05) is 29.8 Å². The van der Waals surface area contributed by atoms with Crippen molar-refractivity contribution in [3.8, 4) is 0 Å². The van der Waals surface area contributed by atoms with Gasteiger partial charge in [0.25, 0.3) is 0 Å². The van der Waals surface area contributed by atoms with Gasteiger partial charge < -0.3 is 20.9 Å². The Morgan fingerprint density at radius 3 is 2.71 bits per heavy atom. The first-order valence-electron chi connectivity index (χ1n) is 7.74. The molecule has 0 aromatic heterocycles. The lowest BCUT2D eigenvalue weighted by molar-refractivity contribution is -0.135. The second kappa shape index (κ2) is 8.65. The van der Waals surface area contributed by atoms with Gasteiger partial charge in [0.05, 0.1) is 19.1 Å². The van der Waals surface area contributed by atoms with Crippen LogP contribution >= 0.6 is 11.6 Å². The number of nitrogens with one attached hydrogen (secondary N) is 3. The summed E-state index contributed by atoms with van der Waals surface area (Å²) in [5.41, 5.74) is 0.879. The van der Waals surface area contributed by atoms with Gasteiger partial charge in [0.1, 0.15) is 0 Å². The van der Waals surface area contributed by atoms with Crippen molar-refractivity contribution in [1.29, 1.82) is 0 Å². The molecule has 0 aliphatic carbocycles. The van der Waals surface area contributed by atoms with E-state index in [0.717, 1.165) is 5.56 Å². The molecular formula is C16H21ClN4O3. The van der Waals surface area contributed by atoms with E-state index in [1.54, 1.807) is 11.0 Å². The highest BCUT2D eigenvalue weighted by atomic mass is 35.5. The summed E-state index contributed by atoms with van der Waals surface area (Å²) in [6.45, 7) is 2.91. The van der Waals surface area contributed by atoms with Crippen LogP contribution in [0.1, 0.15) is 18.5 Å². The number of amides is 3. The Kier molecular flexibility index (Phi) is 6.57. The van der Waals surface area contributed by atoms with E-state index in [2.05, 4.69) is 16.0 Å². The molecule has 8 heteroatoms. The first-order valence-corrected chi connectivity index (χ1v) is 8.12. The maximum absolute atomic E-state index is 12.5. The highest BCUT2D eigenvalue weighted by Crippen LogP contribution is 2.28. The highest BCUT2D eigenvalue weighted by Gasteiger charge is 2.29. The Hall–Kier alpha value is -2.12. The van der Waals surface area contributed by atoms with Crippen LogP contribution in [0.4, 0.5) is 0 Å². The molecule has 1 unspecified atom stereocenters. The van der Waals surface area contributed by atoms with Gasteiger partial charge in [0.15, 0.2) is 0 Å². The number of nitrogens with zero attached hydrogens (tertiary/aromatic N) is 1. The van der Waals surface area contributed by atoms with Crippen molar-refractivity contribution in [2.45, 2.75) is 13.0 Å². The van der Waals surface area contributed by atoms with Crippen molar-refractivity contribution >= 4 is 29.3 Å². The number of piperazine rings is 1. The monoisotopic (exact) mass is 352 g/mol. The molecule has 3 amide bonds. The zero-order valence-corrected chi connectivity index (χ0v) is 14.2. The molecule has 130 valence electrons. The zero-order chi connectivity index (χ0) is 17.5. The largest absolute Gasteiger partial charge is 0.347 e. The second-order valence-electron chi connectivity index (χ2n) is 5.52. The first-order chi connectivity index (χ1) is 11.5. The molecule has 0 saturated carbocycles. The fourth-order valence-corrected chi connectivity index (χ4v) is 2.83. The lowest BCUT2D eigenvalue weighted by atomic mass is 10.0. The van der Waals surface area contributed by atoms with Gasteiger partial charge in [0, 0.05) is 31.6 Å². The van der Waals surface area contributed by atoms with Crippen molar-refractivity contribution in [3.63, 3.8) is 0 Å². The molecule has 1 heterocycles.